The normalized spacial score (nSPS) is 29.7. The van der Waals surface area contributed by atoms with Crippen molar-refractivity contribution in [2.75, 3.05) is 20.3 Å². The molecule has 1 aromatic carbocycles. The minimum Gasteiger partial charge on any atom is -0.496 e. The summed E-state index contributed by atoms with van der Waals surface area (Å²) in [6.45, 7) is 2.08. The van der Waals surface area contributed by atoms with Crippen molar-refractivity contribution in [3.05, 3.63) is 48.2 Å². The highest BCUT2D eigenvalue weighted by Crippen LogP contribution is 2.46. The monoisotopic (exact) mass is 749 g/mol. The van der Waals surface area contributed by atoms with Crippen LogP contribution in [-0.4, -0.2) is 91.4 Å². The zero-order chi connectivity index (χ0) is 37.3. The largest absolute Gasteiger partial charge is 0.496 e. The number of carbonyl (C=O) groups excluding carboxylic acids is 4. The van der Waals surface area contributed by atoms with Crippen LogP contribution in [0.3, 0.4) is 0 Å². The number of cyclic esters (lactones) is 1. The molecule has 1 saturated heterocycles. The summed E-state index contributed by atoms with van der Waals surface area (Å²) in [5, 5.41) is 6.58. The topological polar surface area (TPSA) is 182 Å². The van der Waals surface area contributed by atoms with Crippen molar-refractivity contribution in [1.82, 2.24) is 25.2 Å². The first kappa shape index (κ1) is 36.7. The number of carbonyl (C=O) groups is 4. The molecule has 7 rings (SSSR count). The summed E-state index contributed by atoms with van der Waals surface area (Å²) in [5.74, 6) is -1.34. The van der Waals surface area contributed by atoms with Gasteiger partial charge in [-0.15, -0.1) is 0 Å². The molecular weight excluding hydrogens is 703 g/mol. The summed E-state index contributed by atoms with van der Waals surface area (Å²) >= 11 is 0. The van der Waals surface area contributed by atoms with E-state index in [0.717, 1.165) is 29.2 Å². The number of rotatable bonds is 4. The molecule has 2 saturated carbocycles. The Hall–Kier alpha value is -4.66. The molecule has 5 aliphatic rings. The molecule has 2 aromatic rings. The Morgan fingerprint density at radius 2 is 1.94 bits per heavy atom. The highest BCUT2D eigenvalue weighted by atomic mass is 32.2. The van der Waals surface area contributed by atoms with Crippen LogP contribution in [0, 0.1) is 11.8 Å². The predicted octanol–water partition coefficient (Wildman–Crippen LogP) is 3.74. The lowest BCUT2D eigenvalue weighted by Crippen LogP contribution is -2.58. The van der Waals surface area contributed by atoms with Gasteiger partial charge in [-0.2, -0.15) is 0 Å². The van der Waals surface area contributed by atoms with E-state index in [1.807, 2.05) is 49.4 Å². The van der Waals surface area contributed by atoms with E-state index in [4.69, 9.17) is 14.2 Å². The van der Waals surface area contributed by atoms with Crippen LogP contribution in [0.15, 0.2) is 42.6 Å². The van der Waals surface area contributed by atoms with Crippen molar-refractivity contribution in [2.24, 2.45) is 11.8 Å². The number of alkyl carbamates (subject to hydrolysis) is 1. The zero-order valence-corrected chi connectivity index (χ0v) is 30.9. The number of sulfonamides is 1. The summed E-state index contributed by atoms with van der Waals surface area (Å²) in [5.41, 5.74) is -0.699. The van der Waals surface area contributed by atoms with Gasteiger partial charge in [0.05, 0.1) is 25.5 Å². The average molecular weight is 750 g/mol. The van der Waals surface area contributed by atoms with E-state index in [-0.39, 0.29) is 31.9 Å². The molecule has 3 fully saturated rings. The van der Waals surface area contributed by atoms with Crippen LogP contribution in [0.5, 0.6) is 11.6 Å². The molecule has 4 amide bonds. The lowest BCUT2D eigenvalue weighted by molar-refractivity contribution is -0.141. The number of aromatic nitrogens is 1. The van der Waals surface area contributed by atoms with Gasteiger partial charge in [0.2, 0.25) is 27.7 Å². The van der Waals surface area contributed by atoms with Gasteiger partial charge in [0.15, 0.2) is 0 Å². The van der Waals surface area contributed by atoms with Crippen LogP contribution in [0.2, 0.25) is 0 Å². The fraction of sp³-hybridized carbons (Fsp3) is 0.553. The van der Waals surface area contributed by atoms with Gasteiger partial charge < -0.3 is 29.7 Å². The van der Waals surface area contributed by atoms with Gasteiger partial charge in [0, 0.05) is 29.5 Å². The summed E-state index contributed by atoms with van der Waals surface area (Å²) in [6, 6.07) is 3.59. The smallest absolute Gasteiger partial charge is 0.407 e. The van der Waals surface area contributed by atoms with Crippen molar-refractivity contribution in [3.63, 3.8) is 0 Å². The average Bonchev–Trinajstić information content (AvgIpc) is 4.06. The number of nitrogens with one attached hydrogen (secondary N) is 3. The Labute approximate surface area is 309 Å². The van der Waals surface area contributed by atoms with Crippen LogP contribution >= 0.6 is 0 Å². The highest BCUT2D eigenvalue weighted by molar-refractivity contribution is 7.91. The molecule has 53 heavy (non-hydrogen) atoms. The first-order valence-corrected chi connectivity index (χ1v) is 20.1. The highest BCUT2D eigenvalue weighted by Gasteiger charge is 2.62. The third kappa shape index (κ3) is 7.99. The van der Waals surface area contributed by atoms with Crippen molar-refractivity contribution in [1.29, 1.82) is 0 Å². The molecule has 14 nitrogen and oxygen atoms in total. The second-order valence-corrected chi connectivity index (χ2v) is 16.9. The SMILES string of the molecule is COc1cc2ccnc3c2cc1C=CC[C@H](C)COC(=O)N[C@H]1CCCCCC=C[C@@H]2C[C@@]2(C(=O)NS(=O)(=O)C2CC2)NC(=O)[C@@H]2C[C@H](CN2C1=O)O3. The fourth-order valence-corrected chi connectivity index (χ4v) is 8.86. The molecule has 2 aliphatic carbocycles. The Balaban J connectivity index is 1.24. The van der Waals surface area contributed by atoms with Crippen molar-refractivity contribution >= 4 is 50.7 Å². The molecule has 0 spiro atoms. The third-order valence-electron chi connectivity index (χ3n) is 10.8. The summed E-state index contributed by atoms with van der Waals surface area (Å²) in [4.78, 5) is 61.6. The minimum atomic E-state index is -3.88. The molecule has 4 heterocycles. The number of hydrogen-bond acceptors (Lipinski definition) is 10. The maximum Gasteiger partial charge on any atom is 0.407 e. The summed E-state index contributed by atoms with van der Waals surface area (Å²) < 4.78 is 45.6. The van der Waals surface area contributed by atoms with Crippen molar-refractivity contribution in [2.45, 2.75) is 100 Å². The van der Waals surface area contributed by atoms with Gasteiger partial charge >= 0.3 is 6.09 Å². The lowest BCUT2D eigenvalue weighted by Gasteiger charge is -2.29. The van der Waals surface area contributed by atoms with E-state index in [1.54, 1.807) is 13.3 Å². The van der Waals surface area contributed by atoms with Crippen LogP contribution in [0.25, 0.3) is 16.8 Å². The van der Waals surface area contributed by atoms with Crippen LogP contribution in [0.4, 0.5) is 4.79 Å². The number of methoxy groups -OCH3 is 1. The van der Waals surface area contributed by atoms with E-state index in [9.17, 15) is 27.6 Å². The predicted molar refractivity (Wildman–Crippen MR) is 195 cm³/mol. The minimum absolute atomic E-state index is 0.000745. The number of amides is 4. The van der Waals surface area contributed by atoms with Crippen LogP contribution in [0.1, 0.15) is 76.7 Å². The van der Waals surface area contributed by atoms with Gasteiger partial charge in [-0.05, 0) is 74.4 Å². The molecule has 6 atom stereocenters. The molecule has 3 aliphatic heterocycles. The van der Waals surface area contributed by atoms with Gasteiger partial charge in [-0.25, -0.2) is 18.2 Å². The Kier molecular flexibility index (Phi) is 10.4. The number of ether oxygens (including phenoxy) is 3. The number of pyridine rings is 1. The maximum absolute atomic E-state index is 14.5. The molecule has 284 valence electrons. The van der Waals surface area contributed by atoms with E-state index in [1.165, 1.54) is 4.90 Å². The van der Waals surface area contributed by atoms with Crippen molar-refractivity contribution in [3.8, 4) is 11.6 Å². The van der Waals surface area contributed by atoms with E-state index >= 15 is 0 Å². The Morgan fingerprint density at radius 3 is 2.74 bits per heavy atom. The number of benzene rings is 1. The molecule has 15 heteroatoms. The molecule has 1 aromatic heterocycles. The Bertz CT molecular complexity index is 1950. The maximum atomic E-state index is 14.5. The van der Waals surface area contributed by atoms with Gasteiger partial charge in [0.1, 0.15) is 29.5 Å². The number of nitrogens with zero attached hydrogens (tertiary/aromatic N) is 2. The lowest BCUT2D eigenvalue weighted by atomic mass is 10.0. The van der Waals surface area contributed by atoms with Crippen LogP contribution < -0.4 is 24.8 Å². The molecular formula is C38H47N5O9S. The number of fused-ring (bicyclic) bond motifs is 4. The second kappa shape index (κ2) is 15.0. The second-order valence-electron chi connectivity index (χ2n) is 15.0. The third-order valence-corrected chi connectivity index (χ3v) is 12.6. The Morgan fingerprint density at radius 1 is 1.11 bits per heavy atom. The number of allylic oxidation sites excluding steroid dienone is 2. The fourth-order valence-electron chi connectivity index (χ4n) is 7.49. The quantitative estimate of drug-likeness (QED) is 0.390. The first-order chi connectivity index (χ1) is 25.5. The molecule has 5 bridgehead atoms. The molecule has 3 N–H and O–H groups in total. The van der Waals surface area contributed by atoms with Crippen molar-refractivity contribution < 1.29 is 41.8 Å². The van der Waals surface area contributed by atoms with Gasteiger partial charge in [-0.3, -0.25) is 19.1 Å². The van der Waals surface area contributed by atoms with Crippen LogP contribution in [-0.2, 0) is 29.1 Å². The summed E-state index contributed by atoms with van der Waals surface area (Å²) in [6.07, 6.45) is 13.0. The summed E-state index contributed by atoms with van der Waals surface area (Å²) in [7, 11) is -2.29. The van der Waals surface area contributed by atoms with Gasteiger partial charge in [-0.1, -0.05) is 44.1 Å². The van der Waals surface area contributed by atoms with E-state index in [2.05, 4.69) is 20.3 Å². The van der Waals surface area contributed by atoms with E-state index < -0.39 is 68.7 Å². The molecule has 0 unspecified atom stereocenters. The molecule has 0 radical (unpaired) electrons. The first-order valence-electron chi connectivity index (χ1n) is 18.6. The van der Waals surface area contributed by atoms with E-state index in [0.29, 0.717) is 50.2 Å². The standard InChI is InChI=1S/C38H47N5O9S/c1-23-9-8-10-25-17-29-24(18-32(25)50-2)15-16-39-34(29)52-27-19-31-33(44)41-38(36(46)42-53(48,49)28-13-14-28)20-26(38)11-6-4-3-5-7-12-30(35(45)43(31)21-27)40-37(47)51-22-23/h6,8,10-11,15-18,23,26-28,30-31H,3-5,7,9,12-14,19-22H2,1-2H3,(H,40,47)(H,41,44)(H,42,46)/t23-,26+,27+,30-,31-,38+/m0/s1. The zero-order valence-electron chi connectivity index (χ0n) is 30.0. The van der Waals surface area contributed by atoms with Gasteiger partial charge in [0.25, 0.3) is 5.91 Å². The number of hydrogen-bond donors (Lipinski definition) is 3.